The van der Waals surface area contributed by atoms with Crippen LogP contribution in [0.5, 0.6) is 0 Å². The molecular weight excluding hydrogens is 166 g/mol. The van der Waals surface area contributed by atoms with Crippen molar-refractivity contribution in [2.45, 2.75) is 19.4 Å². The monoisotopic (exact) mass is 181 g/mol. The van der Waals surface area contributed by atoms with E-state index in [0.717, 1.165) is 18.6 Å². The van der Waals surface area contributed by atoms with Crippen LogP contribution in [0.2, 0.25) is 0 Å². The molecule has 0 aliphatic carbocycles. The van der Waals surface area contributed by atoms with Crippen LogP contribution in [0.4, 0.5) is 0 Å². The highest BCUT2D eigenvalue weighted by Crippen LogP contribution is 2.06. The zero-order valence-corrected chi connectivity index (χ0v) is 8.06. The molecule has 0 saturated carbocycles. The highest BCUT2D eigenvalue weighted by Gasteiger charge is 1.92. The molecule has 1 rings (SSSR count). The summed E-state index contributed by atoms with van der Waals surface area (Å²) in [6.45, 7) is 0.632. The van der Waals surface area contributed by atoms with Gasteiger partial charge >= 0.3 is 0 Å². The predicted molar refractivity (Wildman–Crippen MR) is 56.5 cm³/mol. The van der Waals surface area contributed by atoms with Gasteiger partial charge in [0, 0.05) is 6.54 Å². The van der Waals surface area contributed by atoms with Gasteiger partial charge < -0.3 is 5.73 Å². The summed E-state index contributed by atoms with van der Waals surface area (Å²) in [7, 11) is 0. The number of nitrogens with two attached hydrogens (primary N) is 1. The maximum Gasteiger partial charge on any atom is 0.0178 e. The molecule has 1 aromatic carbocycles. The van der Waals surface area contributed by atoms with Crippen LogP contribution in [0.15, 0.2) is 24.3 Å². The van der Waals surface area contributed by atoms with Crippen molar-refractivity contribution < 1.29 is 0 Å². The average Bonchev–Trinajstić information content (AvgIpc) is 2.15. The Morgan fingerprint density at radius 2 is 1.67 bits per heavy atom. The zero-order valence-electron chi connectivity index (χ0n) is 7.16. The van der Waals surface area contributed by atoms with Crippen LogP contribution in [0.25, 0.3) is 0 Å². The Morgan fingerprint density at radius 1 is 1.08 bits per heavy atom. The first-order valence-corrected chi connectivity index (χ1v) is 4.89. The smallest absolute Gasteiger partial charge is 0.0178 e. The molecule has 1 nitrogen and oxygen atoms in total. The van der Waals surface area contributed by atoms with E-state index in [1.165, 1.54) is 11.1 Å². The van der Waals surface area contributed by atoms with E-state index in [-0.39, 0.29) is 0 Å². The Labute approximate surface area is 79.4 Å². The maximum absolute atomic E-state index is 5.49. The normalized spacial score (nSPS) is 10.2. The zero-order chi connectivity index (χ0) is 8.81. The lowest BCUT2D eigenvalue weighted by Crippen LogP contribution is -1.96. The van der Waals surface area contributed by atoms with Gasteiger partial charge in [0.15, 0.2) is 0 Å². The lowest BCUT2D eigenvalue weighted by atomic mass is 10.1. The third-order valence-electron chi connectivity index (χ3n) is 1.88. The van der Waals surface area contributed by atoms with Gasteiger partial charge in [-0.05, 0) is 29.7 Å². The van der Waals surface area contributed by atoms with Crippen molar-refractivity contribution in [1.82, 2.24) is 0 Å². The van der Waals surface area contributed by atoms with Crippen molar-refractivity contribution in [3.8, 4) is 0 Å². The molecule has 0 saturated heterocycles. The number of rotatable bonds is 4. The first-order chi connectivity index (χ1) is 5.86. The highest BCUT2D eigenvalue weighted by atomic mass is 32.1. The fourth-order valence-electron chi connectivity index (χ4n) is 1.13. The molecule has 0 bridgehead atoms. The average molecular weight is 181 g/mol. The summed E-state index contributed by atoms with van der Waals surface area (Å²) in [5, 5.41) is 0. The number of hydrogen-bond donors (Lipinski definition) is 2. The second-order valence-corrected chi connectivity index (χ2v) is 3.29. The van der Waals surface area contributed by atoms with Crippen molar-refractivity contribution in [3.63, 3.8) is 0 Å². The van der Waals surface area contributed by atoms with Gasteiger partial charge in [-0.3, -0.25) is 0 Å². The summed E-state index contributed by atoms with van der Waals surface area (Å²) in [5.41, 5.74) is 8.06. The van der Waals surface area contributed by atoms with Gasteiger partial charge in [-0.15, -0.1) is 0 Å². The molecule has 0 heterocycles. The van der Waals surface area contributed by atoms with Crippen LogP contribution in [0, 0.1) is 0 Å². The van der Waals surface area contributed by atoms with Crippen LogP contribution in [-0.2, 0) is 13.0 Å². The van der Waals surface area contributed by atoms with Crippen LogP contribution in [-0.4, -0.2) is 5.75 Å². The molecular formula is C10H15NS. The van der Waals surface area contributed by atoms with Gasteiger partial charge in [0.2, 0.25) is 0 Å². The van der Waals surface area contributed by atoms with Gasteiger partial charge in [-0.1, -0.05) is 24.3 Å². The summed E-state index contributed by atoms with van der Waals surface area (Å²) in [5.74, 6) is 0.957. The van der Waals surface area contributed by atoms with Crippen molar-refractivity contribution >= 4 is 12.6 Å². The number of hydrogen-bond acceptors (Lipinski definition) is 2. The van der Waals surface area contributed by atoms with Gasteiger partial charge in [-0.25, -0.2) is 0 Å². The summed E-state index contributed by atoms with van der Waals surface area (Å²) in [6.07, 6.45) is 2.26. The minimum atomic E-state index is 0.632. The van der Waals surface area contributed by atoms with E-state index < -0.39 is 0 Å². The molecule has 2 heteroatoms. The highest BCUT2D eigenvalue weighted by molar-refractivity contribution is 7.80. The molecule has 0 radical (unpaired) electrons. The van der Waals surface area contributed by atoms with Crippen LogP contribution >= 0.6 is 12.6 Å². The van der Waals surface area contributed by atoms with E-state index in [0.29, 0.717) is 6.54 Å². The molecule has 1 aromatic rings. The molecule has 12 heavy (non-hydrogen) atoms. The largest absolute Gasteiger partial charge is 0.326 e. The maximum atomic E-state index is 5.49. The SMILES string of the molecule is NCc1ccc(CCCS)cc1. The van der Waals surface area contributed by atoms with Gasteiger partial charge in [0.05, 0.1) is 0 Å². The Hall–Kier alpha value is -0.470. The van der Waals surface area contributed by atoms with Crippen molar-refractivity contribution in [3.05, 3.63) is 35.4 Å². The summed E-state index contributed by atoms with van der Waals surface area (Å²) in [6, 6.07) is 8.47. The van der Waals surface area contributed by atoms with Crippen LogP contribution < -0.4 is 5.73 Å². The van der Waals surface area contributed by atoms with E-state index in [1.54, 1.807) is 0 Å². The number of aryl methyl sites for hydroxylation is 1. The van der Waals surface area contributed by atoms with Crippen molar-refractivity contribution in [2.75, 3.05) is 5.75 Å². The third-order valence-corrected chi connectivity index (χ3v) is 2.20. The molecule has 0 unspecified atom stereocenters. The minimum Gasteiger partial charge on any atom is -0.326 e. The number of benzene rings is 1. The number of thiol groups is 1. The van der Waals surface area contributed by atoms with E-state index in [4.69, 9.17) is 5.73 Å². The van der Waals surface area contributed by atoms with Crippen molar-refractivity contribution in [1.29, 1.82) is 0 Å². The fourth-order valence-corrected chi connectivity index (χ4v) is 1.28. The molecule has 0 aromatic heterocycles. The lowest BCUT2D eigenvalue weighted by Gasteiger charge is -2.00. The summed E-state index contributed by atoms with van der Waals surface area (Å²) < 4.78 is 0. The Bertz CT molecular complexity index is 218. The van der Waals surface area contributed by atoms with Crippen LogP contribution in [0.3, 0.4) is 0 Å². The standard InChI is InChI=1S/C10H15NS/c11-8-10-5-3-9(4-6-10)2-1-7-12/h3-6,12H,1-2,7-8,11H2. The van der Waals surface area contributed by atoms with Gasteiger partial charge in [-0.2, -0.15) is 12.6 Å². The molecule has 0 atom stereocenters. The van der Waals surface area contributed by atoms with E-state index in [1.807, 2.05) is 0 Å². The molecule has 0 aliphatic rings. The van der Waals surface area contributed by atoms with E-state index >= 15 is 0 Å². The van der Waals surface area contributed by atoms with Gasteiger partial charge in [0.25, 0.3) is 0 Å². The van der Waals surface area contributed by atoms with Crippen LogP contribution in [0.1, 0.15) is 17.5 Å². The van der Waals surface area contributed by atoms with E-state index in [2.05, 4.69) is 36.9 Å². The molecule has 0 aliphatic heterocycles. The first kappa shape index (κ1) is 9.62. The quantitative estimate of drug-likeness (QED) is 0.683. The first-order valence-electron chi connectivity index (χ1n) is 4.25. The van der Waals surface area contributed by atoms with Crippen molar-refractivity contribution in [2.24, 2.45) is 5.73 Å². The predicted octanol–water partition coefficient (Wildman–Crippen LogP) is 2.01. The summed E-state index contributed by atoms with van der Waals surface area (Å²) >= 11 is 4.17. The molecule has 66 valence electrons. The van der Waals surface area contributed by atoms with Gasteiger partial charge in [0.1, 0.15) is 0 Å². The minimum absolute atomic E-state index is 0.632. The lowest BCUT2D eigenvalue weighted by molar-refractivity contribution is 0.933. The molecule has 0 spiro atoms. The summed E-state index contributed by atoms with van der Waals surface area (Å²) in [4.78, 5) is 0. The topological polar surface area (TPSA) is 26.0 Å². The van der Waals surface area contributed by atoms with E-state index in [9.17, 15) is 0 Å². The Morgan fingerprint density at radius 3 is 2.17 bits per heavy atom. The fraction of sp³-hybridized carbons (Fsp3) is 0.400. The molecule has 0 amide bonds. The third kappa shape index (κ3) is 2.88. The molecule has 2 N–H and O–H groups in total. The molecule has 0 fully saturated rings. The Kier molecular flexibility index (Phi) is 4.19. The second-order valence-electron chi connectivity index (χ2n) is 2.85. The Balaban J connectivity index is 2.53. The second kappa shape index (κ2) is 5.22.